The highest BCUT2D eigenvalue weighted by molar-refractivity contribution is 7.99. The van der Waals surface area contributed by atoms with Crippen molar-refractivity contribution >= 4 is 76.7 Å². The van der Waals surface area contributed by atoms with E-state index in [2.05, 4.69) is 21.3 Å². The van der Waals surface area contributed by atoms with Crippen molar-refractivity contribution in [2.24, 2.45) is 35.5 Å². The second-order valence-electron chi connectivity index (χ2n) is 30.7. The number of aliphatic hydroxyl groups excluding tert-OH is 1. The van der Waals surface area contributed by atoms with Crippen LogP contribution in [0.1, 0.15) is 202 Å². The monoisotopic (exact) mass is 1410 g/mol. The summed E-state index contributed by atoms with van der Waals surface area (Å²) in [6, 6.07) is -14.5. The Labute approximate surface area is 592 Å². The van der Waals surface area contributed by atoms with E-state index in [9.17, 15) is 34.5 Å². The van der Waals surface area contributed by atoms with Crippen LogP contribution < -0.4 is 21.3 Å². The molecule has 0 unspecified atom stereocenters. The summed E-state index contributed by atoms with van der Waals surface area (Å²) in [7, 11) is 9.87. The van der Waals surface area contributed by atoms with Gasteiger partial charge in [0.1, 0.15) is 66.5 Å². The lowest BCUT2D eigenvalue weighted by Crippen LogP contribution is -2.64. The summed E-state index contributed by atoms with van der Waals surface area (Å²) in [6.07, 6.45) is 5.03. The van der Waals surface area contributed by atoms with Crippen molar-refractivity contribution in [2.75, 3.05) is 60.8 Å². The van der Waals surface area contributed by atoms with Crippen LogP contribution in [0.2, 0.25) is 0 Å². The van der Waals surface area contributed by atoms with Gasteiger partial charge in [-0.05, 0) is 154 Å². The van der Waals surface area contributed by atoms with Crippen molar-refractivity contribution < 1.29 is 68.1 Å². The van der Waals surface area contributed by atoms with Gasteiger partial charge in [0.25, 0.3) is 0 Å². The first kappa shape index (κ1) is 90.2. The van der Waals surface area contributed by atoms with Crippen LogP contribution in [-0.4, -0.2) is 259 Å². The molecule has 26 heteroatoms. The van der Waals surface area contributed by atoms with Crippen LogP contribution in [0.25, 0.3) is 0 Å². The summed E-state index contributed by atoms with van der Waals surface area (Å²) < 4.78 is 0. The summed E-state index contributed by atoms with van der Waals surface area (Å²) in [6.45, 7) is 32.7. The Bertz CT molecular complexity index is 2660. The molecule has 0 aromatic carbocycles. The van der Waals surface area contributed by atoms with Crippen LogP contribution in [0, 0.1) is 35.5 Å². The lowest BCUT2D eigenvalue weighted by molar-refractivity contribution is -0.157. The van der Waals surface area contributed by atoms with Crippen LogP contribution in [0.5, 0.6) is 0 Å². The minimum atomic E-state index is -1.67. The van der Waals surface area contributed by atoms with Crippen molar-refractivity contribution in [3.8, 4) is 0 Å². The highest BCUT2D eigenvalue weighted by Crippen LogP contribution is 2.27. The maximum absolute atomic E-state index is 15.4. The van der Waals surface area contributed by atoms with E-state index in [1.165, 1.54) is 113 Å². The summed E-state index contributed by atoms with van der Waals surface area (Å²) in [5, 5.41) is 45.3. The largest absolute Gasteiger partial charge is 0.390 e. The molecule has 0 aromatic heterocycles. The minimum absolute atomic E-state index is 0.0218. The number of likely N-dealkylation sites (N-methyl/N-ethyl adjacent to an activating group) is 7. The van der Waals surface area contributed by atoms with E-state index in [1.54, 1.807) is 74.5 Å². The number of carbonyl (C=O) groups excluding carboxylic acids is 11. The zero-order valence-electron chi connectivity index (χ0n) is 64.6. The molecular formula is C72H131N11O14S. The van der Waals surface area contributed by atoms with Gasteiger partial charge in [0.2, 0.25) is 65.0 Å². The number of amides is 11. The third-order valence-electron chi connectivity index (χ3n) is 18.6. The topological polar surface area (TPSA) is 319 Å². The van der Waals surface area contributed by atoms with Crippen molar-refractivity contribution in [3.05, 3.63) is 12.2 Å². The molecular weight excluding hydrogens is 1270 g/mol. The van der Waals surface area contributed by atoms with Crippen molar-refractivity contribution in [3.63, 3.8) is 0 Å². The lowest BCUT2D eigenvalue weighted by Gasteiger charge is -2.41. The number of aliphatic hydroxyl groups is 3. The number of rotatable bonds is 24. The number of allylic oxidation sites excluding steroid dienone is 2. The van der Waals surface area contributed by atoms with Gasteiger partial charge >= 0.3 is 0 Å². The lowest BCUT2D eigenvalue weighted by atomic mass is 9.91. The molecule has 1 aliphatic heterocycles. The van der Waals surface area contributed by atoms with Gasteiger partial charge < -0.3 is 70.9 Å². The first-order valence-corrected chi connectivity index (χ1v) is 36.7. The Hall–Kier alpha value is -5.86. The van der Waals surface area contributed by atoms with Crippen molar-refractivity contribution in [1.29, 1.82) is 0 Å². The number of hydrogen-bond donors (Lipinski definition) is 7. The van der Waals surface area contributed by atoms with E-state index in [-0.39, 0.29) is 62.0 Å². The Balaban J connectivity index is 4.61. The molecule has 1 saturated heterocycles. The maximum Gasteiger partial charge on any atom is 0.246 e. The van der Waals surface area contributed by atoms with E-state index >= 15 is 33.6 Å². The van der Waals surface area contributed by atoms with E-state index in [0.717, 1.165) is 9.80 Å². The molecule has 1 heterocycles. The first-order chi connectivity index (χ1) is 45.1. The van der Waals surface area contributed by atoms with Gasteiger partial charge in [0.05, 0.1) is 17.3 Å². The van der Waals surface area contributed by atoms with Crippen LogP contribution >= 0.6 is 11.8 Å². The molecule has 0 aromatic rings. The Kier molecular flexibility index (Phi) is 37.9. The summed E-state index contributed by atoms with van der Waals surface area (Å²) >= 11 is 1.35. The average molecular weight is 1410 g/mol. The Morgan fingerprint density at radius 2 is 0.959 bits per heavy atom. The molecule has 13 atom stereocenters. The fourth-order valence-corrected chi connectivity index (χ4v) is 13.3. The number of hydrogen-bond acceptors (Lipinski definition) is 15. The van der Waals surface area contributed by atoms with Crippen molar-refractivity contribution in [1.82, 2.24) is 55.6 Å². The molecule has 1 fully saturated rings. The van der Waals surface area contributed by atoms with Gasteiger partial charge in [-0.1, -0.05) is 95.2 Å². The van der Waals surface area contributed by atoms with E-state index in [1.807, 2.05) is 41.5 Å². The third-order valence-corrected chi connectivity index (χ3v) is 19.8. The number of unbranched alkanes of at least 4 members (excludes halogenated alkanes) is 1. The molecule has 0 bridgehead atoms. The molecule has 1 aliphatic rings. The minimum Gasteiger partial charge on any atom is -0.390 e. The SMILES string of the molecule is C/C=C/C[C@@H](C)[C@@H](O)[C@H]1C(=O)N[C@H](CC)C(=O)N(C)[C@H](CSCCCCC(C)(C)O)C(=O)N(C)[C@@H](CC(C)(C)O)C(=O)N[C@H](C(C)C)C(=O)N(C)[C@H](CCC(C)C)C(=O)N[C@H](C)C(=O)N[C@@H](C)C(=O)N(C)[C@H](CC(C)C)C(=O)N(C)[C@H](CCC(C)C)C(=O)N(C)[C@H](C(C)C)C(=O)N1C. The smallest absolute Gasteiger partial charge is 0.246 e. The Morgan fingerprint density at radius 3 is 1.45 bits per heavy atom. The number of carbonyl (C=O) groups is 11. The second-order valence-corrected chi connectivity index (χ2v) is 31.9. The van der Waals surface area contributed by atoms with E-state index in [0.29, 0.717) is 37.9 Å². The predicted octanol–water partition coefficient (Wildman–Crippen LogP) is 5.21. The van der Waals surface area contributed by atoms with E-state index in [4.69, 9.17) is 0 Å². The maximum atomic E-state index is 15.4. The van der Waals surface area contributed by atoms with Gasteiger partial charge in [-0.2, -0.15) is 11.8 Å². The Morgan fingerprint density at radius 1 is 0.490 bits per heavy atom. The van der Waals surface area contributed by atoms with Gasteiger partial charge in [-0.25, -0.2) is 0 Å². The quantitative estimate of drug-likeness (QED) is 0.0482. The van der Waals surface area contributed by atoms with Crippen LogP contribution in [0.3, 0.4) is 0 Å². The number of thioether (sulfide) groups is 1. The molecule has 0 saturated carbocycles. The molecule has 564 valence electrons. The van der Waals surface area contributed by atoms with Gasteiger partial charge in [0, 0.05) is 61.5 Å². The molecule has 25 nitrogen and oxygen atoms in total. The normalized spacial score (nSPS) is 26.0. The average Bonchev–Trinajstić information content (AvgIpc) is 0.821. The summed E-state index contributed by atoms with van der Waals surface area (Å²) in [5.74, 6) is -9.44. The molecule has 11 amide bonds. The van der Waals surface area contributed by atoms with Crippen LogP contribution in [-0.2, 0) is 52.7 Å². The third kappa shape index (κ3) is 27.6. The number of nitrogens with one attached hydrogen (secondary N) is 4. The molecule has 0 radical (unpaired) electrons. The molecule has 1 rings (SSSR count). The predicted molar refractivity (Wildman–Crippen MR) is 386 cm³/mol. The van der Waals surface area contributed by atoms with Crippen LogP contribution in [0.15, 0.2) is 12.2 Å². The molecule has 0 spiro atoms. The first-order valence-electron chi connectivity index (χ1n) is 35.5. The van der Waals surface area contributed by atoms with Crippen molar-refractivity contribution in [2.45, 2.75) is 286 Å². The highest BCUT2D eigenvalue weighted by atomic mass is 32.2. The molecule has 7 N–H and O–H groups in total. The zero-order chi connectivity index (χ0) is 75.9. The van der Waals surface area contributed by atoms with Crippen LogP contribution in [0.4, 0.5) is 0 Å². The van der Waals surface area contributed by atoms with E-state index < -0.39 is 166 Å². The molecule has 0 aliphatic carbocycles. The standard InChI is InChI=1S/C72H131N11O14S/c1-27-29-32-47(13)59(84)58-63(88)75-50(28-2)65(90)81(24)55(41-98-38-31-30-37-71(16,17)96)68(93)80(23)54(40-72(18,19)97)62(87)76-56(45(9)10)69(94)77(20)51(35-33-42(3)4)61(86)73-48(14)60(85)74-49(15)64(89)79(22)53(39-44(7)8)67(92)78(21)52(36-34-43(5)6)66(91)82(25)57(46(11)12)70(95)83(58)26/h27,29,42-59,84,96-97H,28,30-41H2,1-26H3,(H,73,86)(H,74,85)(H,75,88)(H,76,87)/b29-27+/t47-,48-,49+,50-,51-,52-,53-,54+,55-,56-,57-,58+,59-/m1/s1. The summed E-state index contributed by atoms with van der Waals surface area (Å²) in [4.78, 5) is 173. The van der Waals surface area contributed by atoms with Gasteiger partial charge in [-0.15, -0.1) is 0 Å². The van der Waals surface area contributed by atoms with Gasteiger partial charge in [0.15, 0.2) is 0 Å². The number of nitrogens with zero attached hydrogens (tertiary/aromatic N) is 7. The van der Waals surface area contributed by atoms with Gasteiger partial charge in [-0.3, -0.25) is 52.7 Å². The zero-order valence-corrected chi connectivity index (χ0v) is 65.4. The fourth-order valence-electron chi connectivity index (χ4n) is 12.1. The second kappa shape index (κ2) is 41.2. The molecule has 98 heavy (non-hydrogen) atoms. The summed E-state index contributed by atoms with van der Waals surface area (Å²) in [5.41, 5.74) is -2.52. The highest BCUT2D eigenvalue weighted by Gasteiger charge is 2.47. The fraction of sp³-hybridized carbons (Fsp3) is 0.819.